The van der Waals surface area contributed by atoms with E-state index in [1.54, 1.807) is 11.8 Å². The second-order valence-corrected chi connectivity index (χ2v) is 7.70. The number of nitrogens with one attached hydrogen (secondary N) is 2. The van der Waals surface area contributed by atoms with Crippen molar-refractivity contribution in [2.45, 2.75) is 13.0 Å². The Labute approximate surface area is 191 Å². The van der Waals surface area contributed by atoms with Gasteiger partial charge in [0.15, 0.2) is 5.82 Å². The lowest BCUT2D eigenvalue weighted by molar-refractivity contribution is -0.113. The van der Waals surface area contributed by atoms with Crippen LogP contribution in [0.5, 0.6) is 5.75 Å². The Morgan fingerprint density at radius 3 is 2.36 bits per heavy atom. The molecule has 0 radical (unpaired) electrons. The quantitative estimate of drug-likeness (QED) is 0.465. The van der Waals surface area contributed by atoms with Crippen LogP contribution >= 0.6 is 0 Å². The van der Waals surface area contributed by atoms with E-state index < -0.39 is 6.04 Å². The number of amides is 1. The number of rotatable bonds is 5. The minimum Gasteiger partial charge on any atom is -0.495 e. The second kappa shape index (κ2) is 8.63. The van der Waals surface area contributed by atoms with Gasteiger partial charge in [0.2, 0.25) is 5.95 Å². The molecule has 7 heteroatoms. The second-order valence-electron chi connectivity index (χ2n) is 7.70. The SMILES string of the molecule is COc1ccccc1NC(=O)C1=C(C)Nc2nc(-c3ccccc3)nn2C1c1ccccc1. The summed E-state index contributed by atoms with van der Waals surface area (Å²) >= 11 is 0. The molecule has 4 aromatic rings. The average molecular weight is 438 g/mol. The van der Waals surface area contributed by atoms with E-state index in [1.807, 2.05) is 91.9 Å². The first-order chi connectivity index (χ1) is 16.2. The molecule has 1 unspecified atom stereocenters. The zero-order chi connectivity index (χ0) is 22.8. The van der Waals surface area contributed by atoms with Crippen molar-refractivity contribution in [3.8, 4) is 17.1 Å². The van der Waals surface area contributed by atoms with E-state index in [0.29, 0.717) is 28.8 Å². The van der Waals surface area contributed by atoms with Gasteiger partial charge in [0.25, 0.3) is 5.91 Å². The number of para-hydroxylation sites is 2. The molecule has 5 rings (SSSR count). The van der Waals surface area contributed by atoms with Gasteiger partial charge in [-0.25, -0.2) is 4.68 Å². The van der Waals surface area contributed by atoms with Gasteiger partial charge in [-0.05, 0) is 24.6 Å². The minimum atomic E-state index is -0.442. The van der Waals surface area contributed by atoms with Crippen molar-refractivity contribution >= 4 is 17.5 Å². The molecular weight excluding hydrogens is 414 g/mol. The number of anilines is 2. The molecule has 33 heavy (non-hydrogen) atoms. The van der Waals surface area contributed by atoms with Crippen molar-refractivity contribution in [3.63, 3.8) is 0 Å². The fraction of sp³-hybridized carbons (Fsp3) is 0.115. The highest BCUT2D eigenvalue weighted by Crippen LogP contribution is 2.37. The van der Waals surface area contributed by atoms with E-state index in [-0.39, 0.29) is 5.91 Å². The molecule has 0 saturated carbocycles. The molecule has 0 bridgehead atoms. The molecule has 2 heterocycles. The van der Waals surface area contributed by atoms with Crippen LogP contribution in [0.2, 0.25) is 0 Å². The summed E-state index contributed by atoms with van der Waals surface area (Å²) in [5.74, 6) is 1.55. The van der Waals surface area contributed by atoms with Gasteiger partial charge in [-0.2, -0.15) is 4.98 Å². The lowest BCUT2D eigenvalue weighted by Gasteiger charge is -2.28. The summed E-state index contributed by atoms with van der Waals surface area (Å²) in [6.45, 7) is 1.88. The zero-order valence-electron chi connectivity index (χ0n) is 18.3. The van der Waals surface area contributed by atoms with Gasteiger partial charge < -0.3 is 15.4 Å². The van der Waals surface area contributed by atoms with Crippen molar-refractivity contribution in [1.82, 2.24) is 14.8 Å². The molecule has 1 atom stereocenters. The Kier molecular flexibility index (Phi) is 5.36. The van der Waals surface area contributed by atoms with Gasteiger partial charge in [0.1, 0.15) is 11.8 Å². The number of carbonyl (C=O) groups is 1. The number of aromatic nitrogens is 3. The third kappa shape index (κ3) is 3.85. The number of methoxy groups -OCH3 is 1. The van der Waals surface area contributed by atoms with Gasteiger partial charge in [0.05, 0.1) is 18.4 Å². The highest BCUT2D eigenvalue weighted by atomic mass is 16.5. The lowest BCUT2D eigenvalue weighted by atomic mass is 9.95. The van der Waals surface area contributed by atoms with Crippen LogP contribution in [0.15, 0.2) is 96.2 Å². The maximum Gasteiger partial charge on any atom is 0.255 e. The standard InChI is InChI=1S/C26H23N5O2/c1-17-22(25(32)28-20-15-9-10-16-21(20)33-2)23(18-11-5-3-6-12-18)31-26(27-17)29-24(30-31)19-13-7-4-8-14-19/h3-16,23H,1-2H3,(H,28,32)(H,27,29,30). The molecule has 0 aliphatic carbocycles. The smallest absolute Gasteiger partial charge is 0.255 e. The van der Waals surface area contributed by atoms with Gasteiger partial charge in [-0.1, -0.05) is 72.8 Å². The van der Waals surface area contributed by atoms with Crippen LogP contribution in [0, 0.1) is 0 Å². The van der Waals surface area contributed by atoms with E-state index in [4.69, 9.17) is 14.8 Å². The lowest BCUT2D eigenvalue weighted by Crippen LogP contribution is -2.31. The van der Waals surface area contributed by atoms with Crippen LogP contribution < -0.4 is 15.4 Å². The molecular formula is C26H23N5O2. The van der Waals surface area contributed by atoms with Crippen molar-refractivity contribution in [1.29, 1.82) is 0 Å². The summed E-state index contributed by atoms with van der Waals surface area (Å²) in [5, 5.41) is 11.1. The number of hydrogen-bond donors (Lipinski definition) is 2. The first kappa shape index (κ1) is 20.5. The maximum atomic E-state index is 13.6. The fourth-order valence-electron chi connectivity index (χ4n) is 4.04. The topological polar surface area (TPSA) is 81.1 Å². The van der Waals surface area contributed by atoms with E-state index in [9.17, 15) is 4.79 Å². The Hall–Kier alpha value is -4.39. The summed E-state index contributed by atoms with van der Waals surface area (Å²) in [6, 6.07) is 26.5. The number of allylic oxidation sites excluding steroid dienone is 1. The van der Waals surface area contributed by atoms with E-state index in [2.05, 4.69) is 10.6 Å². The van der Waals surface area contributed by atoms with Crippen LogP contribution in [0.25, 0.3) is 11.4 Å². The Morgan fingerprint density at radius 1 is 0.970 bits per heavy atom. The molecule has 1 aliphatic heterocycles. The molecule has 1 aliphatic rings. The van der Waals surface area contributed by atoms with Crippen LogP contribution in [-0.2, 0) is 4.79 Å². The summed E-state index contributed by atoms with van der Waals surface area (Å²) in [7, 11) is 1.58. The average Bonchev–Trinajstić information content (AvgIpc) is 3.28. The van der Waals surface area contributed by atoms with Gasteiger partial charge in [-0.3, -0.25) is 4.79 Å². The first-order valence-electron chi connectivity index (χ1n) is 10.6. The number of benzene rings is 3. The van der Waals surface area contributed by atoms with Crippen LogP contribution in [0.3, 0.4) is 0 Å². The predicted molar refractivity (Wildman–Crippen MR) is 128 cm³/mol. The summed E-state index contributed by atoms with van der Waals surface area (Å²) in [4.78, 5) is 18.3. The van der Waals surface area contributed by atoms with E-state index >= 15 is 0 Å². The molecule has 1 amide bonds. The highest BCUT2D eigenvalue weighted by Gasteiger charge is 2.34. The molecule has 1 aromatic heterocycles. The van der Waals surface area contributed by atoms with Crippen molar-refractivity contribution < 1.29 is 9.53 Å². The largest absolute Gasteiger partial charge is 0.495 e. The van der Waals surface area contributed by atoms with Crippen LogP contribution in [0.4, 0.5) is 11.6 Å². The van der Waals surface area contributed by atoms with Gasteiger partial charge in [0, 0.05) is 11.3 Å². The zero-order valence-corrected chi connectivity index (χ0v) is 18.3. The molecule has 7 nitrogen and oxygen atoms in total. The summed E-state index contributed by atoms with van der Waals surface area (Å²) < 4.78 is 7.19. The Morgan fingerprint density at radius 2 is 1.64 bits per heavy atom. The predicted octanol–water partition coefficient (Wildman–Crippen LogP) is 4.88. The van der Waals surface area contributed by atoms with E-state index in [1.165, 1.54) is 0 Å². The monoisotopic (exact) mass is 437 g/mol. The summed E-state index contributed by atoms with van der Waals surface area (Å²) in [5.41, 5.74) is 3.73. The molecule has 164 valence electrons. The molecule has 0 fully saturated rings. The van der Waals surface area contributed by atoms with Crippen molar-refractivity contribution in [2.75, 3.05) is 17.7 Å². The number of hydrogen-bond acceptors (Lipinski definition) is 5. The normalized spacial score (nSPS) is 14.9. The highest BCUT2D eigenvalue weighted by molar-refractivity contribution is 6.06. The number of fused-ring (bicyclic) bond motifs is 1. The van der Waals surface area contributed by atoms with Crippen molar-refractivity contribution in [3.05, 3.63) is 102 Å². The van der Waals surface area contributed by atoms with Gasteiger partial charge in [-0.15, -0.1) is 5.10 Å². The van der Waals surface area contributed by atoms with Crippen LogP contribution in [0.1, 0.15) is 18.5 Å². The molecule has 2 N–H and O–H groups in total. The molecule has 0 saturated heterocycles. The Bertz CT molecular complexity index is 1330. The molecule has 3 aromatic carbocycles. The third-order valence-corrected chi connectivity index (χ3v) is 5.60. The Balaban J connectivity index is 1.59. The number of ether oxygens (including phenoxy) is 1. The van der Waals surface area contributed by atoms with E-state index in [0.717, 1.165) is 16.8 Å². The third-order valence-electron chi connectivity index (χ3n) is 5.60. The maximum absolute atomic E-state index is 13.6. The first-order valence-corrected chi connectivity index (χ1v) is 10.6. The van der Waals surface area contributed by atoms with Crippen molar-refractivity contribution in [2.24, 2.45) is 0 Å². The minimum absolute atomic E-state index is 0.235. The fourth-order valence-corrected chi connectivity index (χ4v) is 4.04. The number of carbonyl (C=O) groups excluding carboxylic acids is 1. The number of nitrogens with zero attached hydrogens (tertiary/aromatic N) is 3. The van der Waals surface area contributed by atoms with Gasteiger partial charge >= 0.3 is 0 Å². The molecule has 0 spiro atoms. The van der Waals surface area contributed by atoms with Crippen LogP contribution in [-0.4, -0.2) is 27.8 Å². The summed E-state index contributed by atoms with van der Waals surface area (Å²) in [6.07, 6.45) is 0.